The van der Waals surface area contributed by atoms with Crippen LogP contribution in [0.1, 0.15) is 46.5 Å². The maximum Gasteiger partial charge on any atom is 0.0723 e. The molecule has 0 aromatic rings. The summed E-state index contributed by atoms with van der Waals surface area (Å²) in [5.74, 6) is 1.17. The molecular formula is C12H25NO. The molecule has 1 fully saturated rings. The first-order valence-corrected chi connectivity index (χ1v) is 6.12. The van der Waals surface area contributed by atoms with Crippen molar-refractivity contribution in [1.82, 2.24) is 5.32 Å². The molecule has 0 heterocycles. The van der Waals surface area contributed by atoms with Gasteiger partial charge in [-0.1, -0.05) is 33.6 Å². The van der Waals surface area contributed by atoms with Crippen LogP contribution in [0.25, 0.3) is 0 Å². The van der Waals surface area contributed by atoms with E-state index in [0.29, 0.717) is 17.9 Å². The third-order valence-electron chi connectivity index (χ3n) is 3.74. The van der Waals surface area contributed by atoms with E-state index >= 15 is 0 Å². The summed E-state index contributed by atoms with van der Waals surface area (Å²) in [6, 6.07) is 0.341. The predicted molar refractivity (Wildman–Crippen MR) is 60.3 cm³/mol. The zero-order valence-corrected chi connectivity index (χ0v) is 9.79. The van der Waals surface area contributed by atoms with Crippen LogP contribution in [-0.4, -0.2) is 23.8 Å². The van der Waals surface area contributed by atoms with Crippen molar-refractivity contribution < 1.29 is 5.11 Å². The van der Waals surface area contributed by atoms with Gasteiger partial charge in [-0.25, -0.2) is 0 Å². The van der Waals surface area contributed by atoms with E-state index in [-0.39, 0.29) is 6.10 Å². The minimum Gasteiger partial charge on any atom is -0.391 e. The standard InChI is InChI=1S/C12H25NO/c1-4-9(3)10-7-6-8-11(12(10)14)13-5-2/h9-14H,4-8H2,1-3H3/t9?,10-,11-,12-/m1/s1. The minimum atomic E-state index is -0.126. The van der Waals surface area contributed by atoms with E-state index in [2.05, 4.69) is 26.1 Å². The quantitative estimate of drug-likeness (QED) is 0.727. The van der Waals surface area contributed by atoms with Gasteiger partial charge >= 0.3 is 0 Å². The maximum atomic E-state index is 10.2. The molecule has 1 rings (SSSR count). The Kier molecular flexibility index (Phi) is 4.90. The number of aliphatic hydroxyl groups is 1. The van der Waals surface area contributed by atoms with E-state index in [0.717, 1.165) is 13.0 Å². The Morgan fingerprint density at radius 2 is 2.07 bits per heavy atom. The number of rotatable bonds is 4. The molecule has 0 saturated heterocycles. The summed E-state index contributed by atoms with van der Waals surface area (Å²) in [7, 11) is 0. The third-order valence-corrected chi connectivity index (χ3v) is 3.74. The number of likely N-dealkylation sites (N-methyl/N-ethyl adjacent to an activating group) is 1. The van der Waals surface area contributed by atoms with Gasteiger partial charge in [0.25, 0.3) is 0 Å². The van der Waals surface area contributed by atoms with Gasteiger partial charge in [-0.05, 0) is 31.2 Å². The van der Waals surface area contributed by atoms with Crippen molar-refractivity contribution in [2.75, 3.05) is 6.54 Å². The van der Waals surface area contributed by atoms with Gasteiger partial charge < -0.3 is 10.4 Å². The van der Waals surface area contributed by atoms with Gasteiger partial charge in [0.05, 0.1) is 6.10 Å². The summed E-state index contributed by atoms with van der Waals surface area (Å²) < 4.78 is 0. The molecule has 0 spiro atoms. The summed E-state index contributed by atoms with van der Waals surface area (Å²) in [5.41, 5.74) is 0. The Labute approximate surface area is 88.1 Å². The van der Waals surface area contributed by atoms with Crippen molar-refractivity contribution >= 4 is 0 Å². The van der Waals surface area contributed by atoms with Crippen LogP contribution in [0.3, 0.4) is 0 Å². The largest absolute Gasteiger partial charge is 0.391 e. The summed E-state index contributed by atoms with van der Waals surface area (Å²) in [5, 5.41) is 13.6. The maximum absolute atomic E-state index is 10.2. The fourth-order valence-electron chi connectivity index (χ4n) is 2.62. The van der Waals surface area contributed by atoms with Crippen LogP contribution in [0.5, 0.6) is 0 Å². The van der Waals surface area contributed by atoms with Crippen molar-refractivity contribution in [1.29, 1.82) is 0 Å². The first-order valence-electron chi connectivity index (χ1n) is 6.12. The molecule has 84 valence electrons. The van der Waals surface area contributed by atoms with Gasteiger partial charge in [0.1, 0.15) is 0 Å². The van der Waals surface area contributed by atoms with Gasteiger partial charge in [0, 0.05) is 6.04 Å². The van der Waals surface area contributed by atoms with Crippen LogP contribution in [0.2, 0.25) is 0 Å². The second kappa shape index (κ2) is 5.72. The van der Waals surface area contributed by atoms with Gasteiger partial charge in [-0.2, -0.15) is 0 Å². The molecule has 0 bridgehead atoms. The highest BCUT2D eigenvalue weighted by atomic mass is 16.3. The molecule has 0 aromatic heterocycles. The lowest BCUT2D eigenvalue weighted by Crippen LogP contribution is -2.48. The van der Waals surface area contributed by atoms with Crippen LogP contribution in [0, 0.1) is 11.8 Å². The molecule has 2 heteroatoms. The lowest BCUT2D eigenvalue weighted by Gasteiger charge is -2.38. The van der Waals surface area contributed by atoms with E-state index in [1.165, 1.54) is 19.3 Å². The highest BCUT2D eigenvalue weighted by Crippen LogP contribution is 2.31. The van der Waals surface area contributed by atoms with Crippen LogP contribution < -0.4 is 5.32 Å². The SMILES string of the molecule is CCN[C@@H]1CCC[C@H](C(C)CC)[C@H]1O. The van der Waals surface area contributed by atoms with Crippen molar-refractivity contribution in [3.8, 4) is 0 Å². The minimum absolute atomic E-state index is 0.126. The van der Waals surface area contributed by atoms with Crippen molar-refractivity contribution in [3.63, 3.8) is 0 Å². The Bertz CT molecular complexity index is 158. The summed E-state index contributed by atoms with van der Waals surface area (Å²) in [6.45, 7) is 7.56. The van der Waals surface area contributed by atoms with E-state index in [4.69, 9.17) is 0 Å². The molecule has 4 atom stereocenters. The van der Waals surface area contributed by atoms with Crippen molar-refractivity contribution in [2.45, 2.75) is 58.6 Å². The molecule has 0 amide bonds. The monoisotopic (exact) mass is 199 g/mol. The van der Waals surface area contributed by atoms with E-state index in [1.807, 2.05) is 0 Å². The van der Waals surface area contributed by atoms with Crippen LogP contribution >= 0.6 is 0 Å². The molecule has 0 radical (unpaired) electrons. The molecule has 1 aliphatic carbocycles. The Morgan fingerprint density at radius 3 is 2.64 bits per heavy atom. The Hall–Kier alpha value is -0.0800. The second-order valence-corrected chi connectivity index (χ2v) is 4.64. The third kappa shape index (κ3) is 2.71. The fourth-order valence-corrected chi connectivity index (χ4v) is 2.62. The highest BCUT2D eigenvalue weighted by Gasteiger charge is 2.33. The van der Waals surface area contributed by atoms with Crippen molar-refractivity contribution in [2.24, 2.45) is 11.8 Å². The topological polar surface area (TPSA) is 32.3 Å². The van der Waals surface area contributed by atoms with Gasteiger partial charge in [-0.15, -0.1) is 0 Å². The van der Waals surface area contributed by atoms with E-state index < -0.39 is 0 Å². The van der Waals surface area contributed by atoms with Gasteiger partial charge in [-0.3, -0.25) is 0 Å². The first kappa shape index (κ1) is 12.0. The average molecular weight is 199 g/mol. The molecule has 1 unspecified atom stereocenters. The smallest absolute Gasteiger partial charge is 0.0723 e. The molecule has 2 nitrogen and oxygen atoms in total. The van der Waals surface area contributed by atoms with Crippen molar-refractivity contribution in [3.05, 3.63) is 0 Å². The molecule has 2 N–H and O–H groups in total. The first-order chi connectivity index (χ1) is 6.70. The zero-order chi connectivity index (χ0) is 10.6. The normalized spacial score (nSPS) is 35.6. The molecule has 1 saturated carbocycles. The highest BCUT2D eigenvalue weighted by molar-refractivity contribution is 4.88. The second-order valence-electron chi connectivity index (χ2n) is 4.64. The zero-order valence-electron chi connectivity index (χ0n) is 9.79. The summed E-state index contributed by atoms with van der Waals surface area (Å²) in [6.07, 6.45) is 4.67. The van der Waals surface area contributed by atoms with Crippen LogP contribution in [-0.2, 0) is 0 Å². The number of aliphatic hydroxyl groups excluding tert-OH is 1. The average Bonchev–Trinajstić information content (AvgIpc) is 2.20. The van der Waals surface area contributed by atoms with Crippen LogP contribution in [0.4, 0.5) is 0 Å². The van der Waals surface area contributed by atoms with E-state index in [1.54, 1.807) is 0 Å². The summed E-state index contributed by atoms with van der Waals surface area (Å²) in [4.78, 5) is 0. The lowest BCUT2D eigenvalue weighted by molar-refractivity contribution is 0.0126. The molecule has 1 aliphatic rings. The summed E-state index contributed by atoms with van der Waals surface area (Å²) >= 11 is 0. The lowest BCUT2D eigenvalue weighted by atomic mass is 9.75. The number of hydrogen-bond donors (Lipinski definition) is 2. The molecular weight excluding hydrogens is 174 g/mol. The Morgan fingerprint density at radius 1 is 1.36 bits per heavy atom. The fraction of sp³-hybridized carbons (Fsp3) is 1.00. The number of nitrogens with one attached hydrogen (secondary N) is 1. The molecule has 0 aliphatic heterocycles. The molecule has 0 aromatic carbocycles. The van der Waals surface area contributed by atoms with Gasteiger partial charge in [0.2, 0.25) is 0 Å². The molecule has 14 heavy (non-hydrogen) atoms. The number of hydrogen-bond acceptors (Lipinski definition) is 2. The Balaban J connectivity index is 2.51. The van der Waals surface area contributed by atoms with Crippen LogP contribution in [0.15, 0.2) is 0 Å². The van der Waals surface area contributed by atoms with E-state index in [9.17, 15) is 5.11 Å². The van der Waals surface area contributed by atoms with Gasteiger partial charge in [0.15, 0.2) is 0 Å². The predicted octanol–water partition coefficient (Wildman–Crippen LogP) is 2.17.